The van der Waals surface area contributed by atoms with Crippen LogP contribution in [0.25, 0.3) is 0 Å². The maximum atomic E-state index is 12.8. The Labute approximate surface area is 182 Å². The van der Waals surface area contributed by atoms with Gasteiger partial charge in [-0.05, 0) is 80.3 Å². The Balaban J connectivity index is 1.87. The van der Waals surface area contributed by atoms with Gasteiger partial charge in [0.2, 0.25) is 0 Å². The third kappa shape index (κ3) is 5.38. The first-order valence-corrected chi connectivity index (χ1v) is 13.0. The fourth-order valence-corrected chi connectivity index (χ4v) is 7.21. The summed E-state index contributed by atoms with van der Waals surface area (Å²) in [4.78, 5) is 17.1. The fraction of sp³-hybridized carbons (Fsp3) is 0.480. The number of rotatable bonds is 5. The second-order valence-electron chi connectivity index (χ2n) is 9.18. The molecule has 0 saturated carbocycles. The highest BCUT2D eigenvalue weighted by Crippen LogP contribution is 2.60. The third-order valence-electron chi connectivity index (χ3n) is 5.65. The van der Waals surface area contributed by atoms with Gasteiger partial charge in [-0.2, -0.15) is 10.0 Å². The van der Waals surface area contributed by atoms with Crippen LogP contribution in [-0.2, 0) is 4.74 Å². The molecular weight excluding hydrogens is 394 g/mol. The minimum atomic E-state index is -1.46. The van der Waals surface area contributed by atoms with Gasteiger partial charge < -0.3 is 14.7 Å². The molecule has 2 aromatic carbocycles. The summed E-state index contributed by atoms with van der Waals surface area (Å²) in [6.45, 7) is 6.28. The molecule has 0 radical (unpaired) electrons. The van der Waals surface area contributed by atoms with Gasteiger partial charge in [0.05, 0.1) is 12.1 Å². The molecule has 0 unspecified atom stereocenters. The number of carbonyl (C=O) groups excluding carboxylic acids is 1. The molecule has 1 heterocycles. The minimum absolute atomic E-state index is 0.215. The van der Waals surface area contributed by atoms with Gasteiger partial charge in [-0.15, -0.1) is 0 Å². The predicted octanol–water partition coefficient (Wildman–Crippen LogP) is 5.69. The maximum Gasteiger partial charge on any atom is 0.410 e. The largest absolute Gasteiger partial charge is 0.444 e. The highest BCUT2D eigenvalue weighted by Gasteiger charge is 2.37. The summed E-state index contributed by atoms with van der Waals surface area (Å²) in [6, 6.07) is 20.7. The van der Waals surface area contributed by atoms with Crippen LogP contribution in [0.4, 0.5) is 4.79 Å². The normalized spacial score (nSPS) is 19.2. The van der Waals surface area contributed by atoms with E-state index in [1.165, 1.54) is 9.79 Å². The zero-order valence-corrected chi connectivity index (χ0v) is 19.4. The number of piperidine rings is 1. The lowest BCUT2D eigenvalue weighted by Crippen LogP contribution is -2.52. The van der Waals surface area contributed by atoms with Crippen molar-refractivity contribution in [3.05, 3.63) is 60.7 Å². The summed E-state index contributed by atoms with van der Waals surface area (Å²) in [6.07, 6.45) is 4.11. The lowest BCUT2D eigenvalue weighted by Gasteiger charge is -2.44. The van der Waals surface area contributed by atoms with Crippen LogP contribution in [-0.4, -0.2) is 52.4 Å². The van der Waals surface area contributed by atoms with Crippen molar-refractivity contribution in [2.75, 3.05) is 18.6 Å². The molecule has 1 amide bonds. The Hall–Kier alpha value is -1.98. The van der Waals surface area contributed by atoms with Gasteiger partial charge in [-0.3, -0.25) is 0 Å². The van der Waals surface area contributed by atoms with Gasteiger partial charge in [-0.25, -0.2) is 4.79 Å². The molecule has 2 aromatic rings. The molecular formula is C25H35NO3S. The molecule has 0 bridgehead atoms. The molecule has 1 N–H and O–H groups in total. The Morgan fingerprint density at radius 2 is 1.60 bits per heavy atom. The Morgan fingerprint density at radius 3 is 2.10 bits per heavy atom. The number of aliphatic hydroxyl groups is 1. The number of carbonyl (C=O) groups is 1. The minimum Gasteiger partial charge on any atom is -0.444 e. The van der Waals surface area contributed by atoms with E-state index in [1.54, 1.807) is 4.90 Å². The van der Waals surface area contributed by atoms with Gasteiger partial charge >= 0.3 is 6.09 Å². The van der Waals surface area contributed by atoms with Gasteiger partial charge in [0.1, 0.15) is 5.60 Å². The number of ether oxygens (including phenoxy) is 1. The van der Waals surface area contributed by atoms with Crippen LogP contribution >= 0.6 is 10.0 Å². The van der Waals surface area contributed by atoms with E-state index in [1.807, 2.05) is 32.9 Å². The lowest BCUT2D eigenvalue weighted by atomic mass is 9.98. The zero-order valence-electron chi connectivity index (χ0n) is 18.6. The van der Waals surface area contributed by atoms with Crippen molar-refractivity contribution < 1.29 is 14.6 Å². The first kappa shape index (κ1) is 22.7. The maximum absolute atomic E-state index is 12.8. The third-order valence-corrected chi connectivity index (χ3v) is 9.29. The first-order chi connectivity index (χ1) is 14.2. The van der Waals surface area contributed by atoms with Gasteiger partial charge in [0.15, 0.2) is 0 Å². The van der Waals surface area contributed by atoms with Crippen LogP contribution in [0.15, 0.2) is 70.5 Å². The zero-order chi connectivity index (χ0) is 21.8. The van der Waals surface area contributed by atoms with E-state index in [4.69, 9.17) is 4.74 Å². The van der Waals surface area contributed by atoms with E-state index in [2.05, 4.69) is 54.8 Å². The molecule has 2 atom stereocenters. The van der Waals surface area contributed by atoms with Gasteiger partial charge in [0.25, 0.3) is 0 Å². The molecule has 30 heavy (non-hydrogen) atoms. The smallest absolute Gasteiger partial charge is 0.410 e. The van der Waals surface area contributed by atoms with Gasteiger partial charge in [-0.1, -0.05) is 36.4 Å². The molecule has 0 aliphatic carbocycles. The summed E-state index contributed by atoms with van der Waals surface area (Å²) in [7, 11) is -1.46. The molecule has 1 saturated heterocycles. The quantitative estimate of drug-likeness (QED) is 0.664. The van der Waals surface area contributed by atoms with E-state index >= 15 is 0 Å². The SMILES string of the molecule is CC(C)(C)OC(=O)N1CCCC[C@H]1[C@H](O)CS(C)(c1ccccc1)c1ccccc1. The van der Waals surface area contributed by atoms with E-state index in [0.717, 1.165) is 19.3 Å². The number of hydrogen-bond donors (Lipinski definition) is 1. The van der Waals surface area contributed by atoms with Crippen molar-refractivity contribution in [1.29, 1.82) is 0 Å². The molecule has 1 aliphatic heterocycles. The summed E-state index contributed by atoms with van der Waals surface area (Å²) in [5, 5.41) is 11.4. The van der Waals surface area contributed by atoms with E-state index in [0.29, 0.717) is 12.3 Å². The van der Waals surface area contributed by atoms with Crippen molar-refractivity contribution in [3.8, 4) is 0 Å². The van der Waals surface area contributed by atoms with Crippen molar-refractivity contribution in [3.63, 3.8) is 0 Å². The average molecular weight is 430 g/mol. The van der Waals surface area contributed by atoms with Crippen molar-refractivity contribution in [2.45, 2.75) is 67.6 Å². The van der Waals surface area contributed by atoms with E-state index in [-0.39, 0.29) is 12.1 Å². The topological polar surface area (TPSA) is 49.8 Å². The predicted molar refractivity (Wildman–Crippen MR) is 124 cm³/mol. The molecule has 0 spiro atoms. The van der Waals surface area contributed by atoms with Crippen LogP contribution in [0.5, 0.6) is 0 Å². The second-order valence-corrected chi connectivity index (χ2v) is 12.6. The summed E-state index contributed by atoms with van der Waals surface area (Å²) >= 11 is 0. The van der Waals surface area contributed by atoms with Gasteiger partial charge in [0, 0.05) is 12.3 Å². The fourth-order valence-electron chi connectivity index (χ4n) is 4.13. The standard InChI is InChI=1S/C25H35NO3S/c1-25(2,3)29-24(28)26-18-12-11-17-22(26)23(27)19-30(4,20-13-7-5-8-14-20)21-15-9-6-10-16-21/h5-10,13-16,22-23,27H,11-12,17-19H2,1-4H3/t22-,23+/m0/s1. The summed E-state index contributed by atoms with van der Waals surface area (Å²) in [5.41, 5.74) is -0.544. The molecule has 1 aliphatic rings. The number of aliphatic hydroxyl groups excluding tert-OH is 1. The Bertz CT molecular complexity index is 780. The monoisotopic (exact) mass is 429 g/mol. The highest BCUT2D eigenvalue weighted by molar-refractivity contribution is 8.33. The van der Waals surface area contributed by atoms with Crippen LogP contribution in [0.3, 0.4) is 0 Å². The highest BCUT2D eigenvalue weighted by atomic mass is 32.3. The lowest BCUT2D eigenvalue weighted by molar-refractivity contribution is -0.0117. The average Bonchev–Trinajstić information content (AvgIpc) is 2.73. The molecule has 164 valence electrons. The second kappa shape index (κ2) is 9.44. The van der Waals surface area contributed by atoms with E-state index < -0.39 is 21.7 Å². The Kier molecular flexibility index (Phi) is 7.14. The van der Waals surface area contributed by atoms with Crippen molar-refractivity contribution in [2.24, 2.45) is 0 Å². The number of hydrogen-bond acceptors (Lipinski definition) is 3. The summed E-state index contributed by atoms with van der Waals surface area (Å²) in [5.74, 6) is 0.616. The number of likely N-dealkylation sites (tertiary alicyclic amines) is 1. The molecule has 5 heteroatoms. The number of amides is 1. The molecule has 1 fully saturated rings. The van der Waals surface area contributed by atoms with Crippen molar-refractivity contribution >= 4 is 16.1 Å². The van der Waals surface area contributed by atoms with Crippen molar-refractivity contribution in [1.82, 2.24) is 4.90 Å². The number of benzene rings is 2. The first-order valence-electron chi connectivity index (χ1n) is 10.7. The van der Waals surface area contributed by atoms with E-state index in [9.17, 15) is 9.90 Å². The van der Waals surface area contributed by atoms with Crippen LogP contribution in [0.2, 0.25) is 0 Å². The molecule has 4 nitrogen and oxygen atoms in total. The van der Waals surface area contributed by atoms with Crippen LogP contribution in [0.1, 0.15) is 40.0 Å². The number of nitrogens with zero attached hydrogens (tertiary/aromatic N) is 1. The van der Waals surface area contributed by atoms with Crippen LogP contribution < -0.4 is 0 Å². The molecule has 0 aromatic heterocycles. The Morgan fingerprint density at radius 1 is 1.07 bits per heavy atom. The van der Waals surface area contributed by atoms with Crippen LogP contribution in [0, 0.1) is 0 Å². The molecule has 3 rings (SSSR count). The summed E-state index contributed by atoms with van der Waals surface area (Å²) < 4.78 is 5.64.